The van der Waals surface area contributed by atoms with Gasteiger partial charge in [0, 0.05) is 18.1 Å². The number of hydrogen-bond acceptors (Lipinski definition) is 2. The Kier molecular flexibility index (Phi) is 2.75. The zero-order valence-corrected chi connectivity index (χ0v) is 10.6. The van der Waals surface area contributed by atoms with Crippen LogP contribution in [0, 0.1) is 11.8 Å². The Morgan fingerprint density at radius 1 is 1.31 bits per heavy atom. The molecule has 1 aliphatic heterocycles. The van der Waals surface area contributed by atoms with Gasteiger partial charge in [0.15, 0.2) is 0 Å². The Bertz CT molecular complexity index is 265. The topological polar surface area (TPSA) is 29.3 Å². The number of likely N-dealkylation sites (tertiary alicyclic amines) is 1. The lowest BCUT2D eigenvalue weighted by Crippen LogP contribution is -2.58. The van der Waals surface area contributed by atoms with Crippen LogP contribution in [0.2, 0.25) is 0 Å². The fraction of sp³-hybridized carbons (Fsp3) is 1.00. The molecular weight excluding hydrogens is 196 g/mol. The molecule has 1 saturated heterocycles. The van der Waals surface area contributed by atoms with Gasteiger partial charge in [0.05, 0.1) is 0 Å². The van der Waals surface area contributed by atoms with Crippen LogP contribution in [0.25, 0.3) is 0 Å². The smallest absolute Gasteiger partial charge is 0.0365 e. The van der Waals surface area contributed by atoms with Gasteiger partial charge in [0.1, 0.15) is 0 Å². The minimum Gasteiger partial charge on any atom is -0.329 e. The first kappa shape index (κ1) is 11.0. The van der Waals surface area contributed by atoms with E-state index >= 15 is 0 Å². The van der Waals surface area contributed by atoms with Crippen LogP contribution in [0.15, 0.2) is 0 Å². The van der Waals surface area contributed by atoms with E-state index in [1.165, 1.54) is 51.5 Å². The van der Waals surface area contributed by atoms with Gasteiger partial charge in [0.25, 0.3) is 0 Å². The lowest BCUT2D eigenvalue weighted by Gasteiger charge is -2.47. The van der Waals surface area contributed by atoms with E-state index in [1.54, 1.807) is 0 Å². The highest BCUT2D eigenvalue weighted by molar-refractivity contribution is 5.10. The average Bonchev–Trinajstić information content (AvgIpc) is 3.02. The van der Waals surface area contributed by atoms with Crippen LogP contribution in [0.1, 0.15) is 51.9 Å². The summed E-state index contributed by atoms with van der Waals surface area (Å²) in [5, 5.41) is 0. The lowest BCUT2D eigenvalue weighted by atomic mass is 9.79. The van der Waals surface area contributed by atoms with E-state index in [0.29, 0.717) is 5.54 Å². The first-order valence-corrected chi connectivity index (χ1v) is 7.27. The van der Waals surface area contributed by atoms with Gasteiger partial charge in [-0.05, 0) is 56.9 Å². The molecule has 2 heteroatoms. The summed E-state index contributed by atoms with van der Waals surface area (Å²) >= 11 is 0. The molecule has 0 aromatic heterocycles. The third-order valence-electron chi connectivity index (χ3n) is 5.72. The predicted molar refractivity (Wildman–Crippen MR) is 67.3 cm³/mol. The third-order valence-corrected chi connectivity index (χ3v) is 5.72. The number of nitrogens with zero attached hydrogens (tertiary/aromatic N) is 1. The van der Waals surface area contributed by atoms with Crippen molar-refractivity contribution in [1.82, 2.24) is 4.90 Å². The van der Waals surface area contributed by atoms with Crippen LogP contribution in [-0.2, 0) is 0 Å². The normalized spacial score (nSPS) is 48.0. The summed E-state index contributed by atoms with van der Waals surface area (Å²) in [5.41, 5.74) is 6.63. The van der Waals surface area contributed by atoms with Crippen LogP contribution in [-0.4, -0.2) is 29.6 Å². The number of rotatable bonds is 3. The minimum absolute atomic E-state index is 0.417. The van der Waals surface area contributed by atoms with E-state index in [0.717, 1.165) is 24.4 Å². The summed E-state index contributed by atoms with van der Waals surface area (Å²) in [6, 6.07) is 0.836. The quantitative estimate of drug-likeness (QED) is 0.794. The van der Waals surface area contributed by atoms with Crippen molar-refractivity contribution in [2.24, 2.45) is 17.6 Å². The first-order valence-electron chi connectivity index (χ1n) is 7.27. The molecule has 2 nitrogen and oxygen atoms in total. The molecule has 3 fully saturated rings. The van der Waals surface area contributed by atoms with Gasteiger partial charge in [-0.3, -0.25) is 4.90 Å². The summed E-state index contributed by atoms with van der Waals surface area (Å²) in [4.78, 5) is 2.83. The van der Waals surface area contributed by atoms with Crippen molar-refractivity contribution in [2.45, 2.75) is 63.5 Å². The maximum Gasteiger partial charge on any atom is 0.0365 e. The monoisotopic (exact) mass is 222 g/mol. The molecule has 4 atom stereocenters. The van der Waals surface area contributed by atoms with Gasteiger partial charge in [-0.2, -0.15) is 0 Å². The van der Waals surface area contributed by atoms with Crippen LogP contribution < -0.4 is 5.73 Å². The molecule has 0 spiro atoms. The molecule has 0 amide bonds. The number of nitrogens with two attached hydrogens (primary N) is 1. The fourth-order valence-electron chi connectivity index (χ4n) is 4.98. The lowest BCUT2D eigenvalue weighted by molar-refractivity contribution is 0.0294. The van der Waals surface area contributed by atoms with Crippen molar-refractivity contribution in [2.75, 3.05) is 13.1 Å². The van der Waals surface area contributed by atoms with Crippen molar-refractivity contribution in [1.29, 1.82) is 0 Å². The Morgan fingerprint density at radius 3 is 2.75 bits per heavy atom. The molecule has 16 heavy (non-hydrogen) atoms. The summed E-state index contributed by atoms with van der Waals surface area (Å²) in [7, 11) is 0. The first-order chi connectivity index (χ1) is 7.80. The van der Waals surface area contributed by atoms with Gasteiger partial charge in [-0.15, -0.1) is 0 Å². The van der Waals surface area contributed by atoms with Gasteiger partial charge >= 0.3 is 0 Å². The standard InChI is InChI=1S/C14H26N2/c1-2-13-4-3-7-16(13)14(10-15)9-11-5-6-12(14)8-11/h11-13H,2-10,15H2,1H3. The van der Waals surface area contributed by atoms with Crippen molar-refractivity contribution >= 4 is 0 Å². The fourth-order valence-corrected chi connectivity index (χ4v) is 4.98. The molecule has 2 bridgehead atoms. The van der Waals surface area contributed by atoms with E-state index in [9.17, 15) is 0 Å². The Hall–Kier alpha value is -0.0800. The molecule has 4 unspecified atom stereocenters. The molecular formula is C14H26N2. The molecule has 2 saturated carbocycles. The highest BCUT2D eigenvalue weighted by Crippen LogP contribution is 2.54. The van der Waals surface area contributed by atoms with Crippen molar-refractivity contribution < 1.29 is 0 Å². The average molecular weight is 222 g/mol. The molecule has 0 radical (unpaired) electrons. The number of hydrogen-bond donors (Lipinski definition) is 1. The Morgan fingerprint density at radius 2 is 2.19 bits per heavy atom. The van der Waals surface area contributed by atoms with Gasteiger partial charge in [0.2, 0.25) is 0 Å². The summed E-state index contributed by atoms with van der Waals surface area (Å²) in [6.07, 6.45) is 9.95. The second kappa shape index (κ2) is 3.99. The van der Waals surface area contributed by atoms with Gasteiger partial charge in [-0.25, -0.2) is 0 Å². The second-order valence-electron chi connectivity index (χ2n) is 6.29. The highest BCUT2D eigenvalue weighted by Gasteiger charge is 2.54. The maximum atomic E-state index is 6.21. The third kappa shape index (κ3) is 1.39. The molecule has 3 rings (SSSR count). The molecule has 3 aliphatic rings. The summed E-state index contributed by atoms with van der Waals surface area (Å²) in [6.45, 7) is 4.57. The second-order valence-corrected chi connectivity index (χ2v) is 6.29. The van der Waals surface area contributed by atoms with Crippen LogP contribution >= 0.6 is 0 Å². The van der Waals surface area contributed by atoms with Crippen molar-refractivity contribution in [3.63, 3.8) is 0 Å². The Labute approximate surface area is 99.6 Å². The van der Waals surface area contributed by atoms with Crippen LogP contribution in [0.5, 0.6) is 0 Å². The van der Waals surface area contributed by atoms with Crippen molar-refractivity contribution in [3.8, 4) is 0 Å². The van der Waals surface area contributed by atoms with E-state index in [4.69, 9.17) is 5.73 Å². The number of fused-ring (bicyclic) bond motifs is 2. The largest absolute Gasteiger partial charge is 0.329 e. The summed E-state index contributed by atoms with van der Waals surface area (Å²) < 4.78 is 0. The molecule has 92 valence electrons. The van der Waals surface area contributed by atoms with Crippen molar-refractivity contribution in [3.05, 3.63) is 0 Å². The minimum atomic E-state index is 0.417. The molecule has 2 aliphatic carbocycles. The Balaban J connectivity index is 1.84. The molecule has 2 N–H and O–H groups in total. The maximum absolute atomic E-state index is 6.21. The SMILES string of the molecule is CCC1CCCN1C1(CN)CC2CCC1C2. The van der Waals surface area contributed by atoms with Gasteiger partial charge < -0.3 is 5.73 Å². The molecule has 0 aromatic carbocycles. The van der Waals surface area contributed by atoms with E-state index in [-0.39, 0.29) is 0 Å². The van der Waals surface area contributed by atoms with Crippen LogP contribution in [0.4, 0.5) is 0 Å². The van der Waals surface area contributed by atoms with E-state index in [2.05, 4.69) is 11.8 Å². The molecule has 0 aromatic rings. The highest BCUT2D eigenvalue weighted by atomic mass is 15.3. The predicted octanol–water partition coefficient (Wildman–Crippen LogP) is 2.38. The van der Waals surface area contributed by atoms with E-state index in [1.807, 2.05) is 0 Å². The van der Waals surface area contributed by atoms with E-state index < -0.39 is 0 Å². The zero-order chi connectivity index (χ0) is 11.2. The van der Waals surface area contributed by atoms with Gasteiger partial charge in [-0.1, -0.05) is 13.3 Å². The molecule has 1 heterocycles. The van der Waals surface area contributed by atoms with Crippen LogP contribution in [0.3, 0.4) is 0 Å². The zero-order valence-electron chi connectivity index (χ0n) is 10.6. The summed E-state index contributed by atoms with van der Waals surface area (Å²) in [5.74, 6) is 1.93.